The summed E-state index contributed by atoms with van der Waals surface area (Å²) in [4.78, 5) is 19.8. The van der Waals surface area contributed by atoms with Crippen LogP contribution in [0.2, 0.25) is 0 Å². The fourth-order valence-corrected chi connectivity index (χ4v) is 3.22. The fraction of sp³-hybridized carbons (Fsp3) is 0.263. The topological polar surface area (TPSA) is 58.4 Å². The second-order valence-corrected chi connectivity index (χ2v) is 7.27. The zero-order valence-corrected chi connectivity index (χ0v) is 15.3. The number of aryl methyl sites for hydroxylation is 1. The lowest BCUT2D eigenvalue weighted by Gasteiger charge is -2.23. The van der Waals surface area contributed by atoms with Crippen LogP contribution in [0.15, 0.2) is 53.3 Å². The van der Waals surface area contributed by atoms with Gasteiger partial charge in [-0.25, -0.2) is 4.98 Å². The van der Waals surface area contributed by atoms with Crippen molar-refractivity contribution in [1.82, 2.24) is 9.88 Å². The molecule has 0 bridgehead atoms. The van der Waals surface area contributed by atoms with Crippen molar-refractivity contribution in [1.29, 1.82) is 0 Å². The average molecular weight is 355 g/mol. The van der Waals surface area contributed by atoms with Gasteiger partial charge in [-0.15, -0.1) is 11.3 Å². The van der Waals surface area contributed by atoms with Gasteiger partial charge in [0.05, 0.1) is 12.3 Å². The molecule has 0 spiro atoms. The summed E-state index contributed by atoms with van der Waals surface area (Å²) in [7, 11) is 2.04. The number of anilines is 1. The van der Waals surface area contributed by atoms with Gasteiger partial charge >= 0.3 is 0 Å². The predicted octanol–water partition coefficient (Wildman–Crippen LogP) is 4.49. The van der Waals surface area contributed by atoms with Gasteiger partial charge in [0.25, 0.3) is 5.91 Å². The van der Waals surface area contributed by atoms with E-state index in [1.54, 1.807) is 12.5 Å². The lowest BCUT2D eigenvalue weighted by Crippen LogP contribution is -2.22. The van der Waals surface area contributed by atoms with E-state index in [-0.39, 0.29) is 11.9 Å². The highest BCUT2D eigenvalue weighted by molar-refractivity contribution is 7.15. The SMILES string of the molecule is Cc1cnc(NC(=O)c2cccc(CN(C)C(C)c3ccco3)c2)s1. The van der Waals surface area contributed by atoms with Crippen LogP contribution in [0.4, 0.5) is 5.13 Å². The van der Waals surface area contributed by atoms with Gasteiger partial charge in [-0.2, -0.15) is 0 Å². The van der Waals surface area contributed by atoms with Crippen molar-refractivity contribution in [3.05, 3.63) is 70.6 Å². The molecule has 0 saturated heterocycles. The molecule has 2 heterocycles. The Morgan fingerprint density at radius 3 is 2.88 bits per heavy atom. The Hall–Kier alpha value is -2.44. The summed E-state index contributed by atoms with van der Waals surface area (Å²) in [6.07, 6.45) is 3.44. The van der Waals surface area contributed by atoms with E-state index < -0.39 is 0 Å². The number of carbonyl (C=O) groups excluding carboxylic acids is 1. The lowest BCUT2D eigenvalue weighted by molar-refractivity contribution is 0.102. The molecule has 6 heteroatoms. The molecular weight excluding hydrogens is 334 g/mol. The Labute approximate surface area is 151 Å². The zero-order chi connectivity index (χ0) is 17.8. The predicted molar refractivity (Wildman–Crippen MR) is 99.8 cm³/mol. The molecule has 3 aromatic rings. The van der Waals surface area contributed by atoms with E-state index in [1.807, 2.05) is 50.4 Å². The third-order valence-corrected chi connectivity index (χ3v) is 4.91. The van der Waals surface area contributed by atoms with Crippen molar-refractivity contribution in [3.63, 3.8) is 0 Å². The van der Waals surface area contributed by atoms with Gasteiger partial charge in [-0.05, 0) is 50.7 Å². The number of aromatic nitrogens is 1. The molecule has 2 aromatic heterocycles. The van der Waals surface area contributed by atoms with Gasteiger partial charge in [0.15, 0.2) is 5.13 Å². The molecule has 0 aliphatic rings. The zero-order valence-electron chi connectivity index (χ0n) is 14.5. The smallest absolute Gasteiger partial charge is 0.257 e. The van der Waals surface area contributed by atoms with Crippen LogP contribution in [-0.2, 0) is 6.54 Å². The highest BCUT2D eigenvalue weighted by Crippen LogP contribution is 2.22. The quantitative estimate of drug-likeness (QED) is 0.708. The normalized spacial score (nSPS) is 12.3. The maximum Gasteiger partial charge on any atom is 0.257 e. The second-order valence-electron chi connectivity index (χ2n) is 6.04. The third kappa shape index (κ3) is 4.35. The summed E-state index contributed by atoms with van der Waals surface area (Å²) in [6, 6.07) is 11.7. The molecule has 1 aromatic carbocycles. The Bertz CT molecular complexity index is 842. The van der Waals surface area contributed by atoms with E-state index in [0.29, 0.717) is 10.7 Å². The van der Waals surface area contributed by atoms with Crippen LogP contribution >= 0.6 is 11.3 Å². The second kappa shape index (κ2) is 7.63. The molecule has 0 aliphatic carbocycles. The van der Waals surface area contributed by atoms with E-state index in [1.165, 1.54) is 11.3 Å². The van der Waals surface area contributed by atoms with Crippen molar-refractivity contribution >= 4 is 22.4 Å². The number of furan rings is 1. The van der Waals surface area contributed by atoms with Crippen LogP contribution in [0, 0.1) is 6.92 Å². The van der Waals surface area contributed by atoms with Crippen LogP contribution in [-0.4, -0.2) is 22.8 Å². The van der Waals surface area contributed by atoms with Gasteiger partial charge in [0.2, 0.25) is 0 Å². The standard InChI is InChI=1S/C19H21N3O2S/c1-13-11-20-19(25-13)21-18(23)16-7-4-6-15(10-16)12-22(3)14(2)17-8-5-9-24-17/h4-11,14H,12H2,1-3H3,(H,20,21,23). The van der Waals surface area contributed by atoms with Crippen LogP contribution in [0.3, 0.4) is 0 Å². The third-order valence-electron chi connectivity index (χ3n) is 4.08. The molecule has 5 nitrogen and oxygen atoms in total. The van der Waals surface area contributed by atoms with Gasteiger partial charge in [-0.1, -0.05) is 12.1 Å². The van der Waals surface area contributed by atoms with E-state index in [4.69, 9.17) is 4.42 Å². The van der Waals surface area contributed by atoms with Crippen LogP contribution in [0.1, 0.15) is 39.5 Å². The summed E-state index contributed by atoms with van der Waals surface area (Å²) < 4.78 is 5.47. The van der Waals surface area contributed by atoms with Gasteiger partial charge in [0, 0.05) is 23.2 Å². The first-order valence-electron chi connectivity index (χ1n) is 8.09. The highest BCUT2D eigenvalue weighted by atomic mass is 32.1. The summed E-state index contributed by atoms with van der Waals surface area (Å²) in [6.45, 7) is 4.78. The van der Waals surface area contributed by atoms with Crippen molar-refractivity contribution in [2.45, 2.75) is 26.4 Å². The largest absolute Gasteiger partial charge is 0.468 e. The summed E-state index contributed by atoms with van der Waals surface area (Å²) in [5.41, 5.74) is 1.70. The maximum atomic E-state index is 12.4. The minimum Gasteiger partial charge on any atom is -0.468 e. The van der Waals surface area contributed by atoms with Crippen molar-refractivity contribution < 1.29 is 9.21 Å². The molecule has 1 atom stereocenters. The average Bonchev–Trinajstić information content (AvgIpc) is 3.26. The molecular formula is C19H21N3O2S. The lowest BCUT2D eigenvalue weighted by atomic mass is 10.1. The van der Waals surface area contributed by atoms with Crippen molar-refractivity contribution in [2.75, 3.05) is 12.4 Å². The van der Waals surface area contributed by atoms with Crippen LogP contribution in [0.5, 0.6) is 0 Å². The molecule has 1 unspecified atom stereocenters. The molecule has 0 aliphatic heterocycles. The van der Waals surface area contributed by atoms with E-state index in [0.717, 1.165) is 22.7 Å². The number of nitrogens with one attached hydrogen (secondary N) is 1. The maximum absolute atomic E-state index is 12.4. The Kier molecular flexibility index (Phi) is 5.31. The molecule has 1 amide bonds. The number of thiazole rings is 1. The number of rotatable bonds is 6. The van der Waals surface area contributed by atoms with Gasteiger partial charge < -0.3 is 4.42 Å². The number of carbonyl (C=O) groups is 1. The fourth-order valence-electron chi connectivity index (χ4n) is 2.56. The van der Waals surface area contributed by atoms with Crippen molar-refractivity contribution in [2.24, 2.45) is 0 Å². The molecule has 0 saturated carbocycles. The number of hydrogen-bond donors (Lipinski definition) is 1. The number of amides is 1. The molecule has 1 N–H and O–H groups in total. The van der Waals surface area contributed by atoms with Gasteiger partial charge in [0.1, 0.15) is 5.76 Å². The monoisotopic (exact) mass is 355 g/mol. The Morgan fingerprint density at radius 1 is 1.36 bits per heavy atom. The minimum atomic E-state index is -0.141. The Balaban J connectivity index is 1.67. The van der Waals surface area contributed by atoms with E-state index >= 15 is 0 Å². The number of hydrogen-bond acceptors (Lipinski definition) is 5. The molecule has 3 rings (SSSR count). The molecule has 0 radical (unpaired) electrons. The first-order chi connectivity index (χ1) is 12.0. The molecule has 130 valence electrons. The number of benzene rings is 1. The molecule has 0 fully saturated rings. The van der Waals surface area contributed by atoms with Crippen LogP contribution < -0.4 is 5.32 Å². The molecule has 25 heavy (non-hydrogen) atoms. The van der Waals surface area contributed by atoms with Gasteiger partial charge in [-0.3, -0.25) is 15.0 Å². The summed E-state index contributed by atoms with van der Waals surface area (Å²) in [5, 5.41) is 3.47. The summed E-state index contributed by atoms with van der Waals surface area (Å²) >= 11 is 1.47. The van der Waals surface area contributed by atoms with E-state index in [9.17, 15) is 4.79 Å². The first kappa shape index (κ1) is 17.4. The van der Waals surface area contributed by atoms with Crippen LogP contribution in [0.25, 0.3) is 0 Å². The van der Waals surface area contributed by atoms with E-state index in [2.05, 4.69) is 22.1 Å². The Morgan fingerprint density at radius 2 is 2.20 bits per heavy atom. The minimum absolute atomic E-state index is 0.141. The first-order valence-corrected chi connectivity index (χ1v) is 8.91. The highest BCUT2D eigenvalue weighted by Gasteiger charge is 2.15. The van der Waals surface area contributed by atoms with Crippen molar-refractivity contribution in [3.8, 4) is 0 Å². The number of nitrogens with zero attached hydrogens (tertiary/aromatic N) is 2. The summed E-state index contributed by atoms with van der Waals surface area (Å²) in [5.74, 6) is 0.786.